The van der Waals surface area contributed by atoms with Crippen LogP contribution in [-0.4, -0.2) is 22.4 Å². The molecule has 0 radical (unpaired) electrons. The summed E-state index contributed by atoms with van der Waals surface area (Å²) < 4.78 is 0. The predicted octanol–water partition coefficient (Wildman–Crippen LogP) is 4.37. The number of amides is 1. The fourth-order valence-corrected chi connectivity index (χ4v) is 2.99. The van der Waals surface area contributed by atoms with Crippen molar-refractivity contribution in [1.82, 2.24) is 15.3 Å². The van der Waals surface area contributed by atoms with E-state index >= 15 is 0 Å². The van der Waals surface area contributed by atoms with Gasteiger partial charge in [0, 0.05) is 24.9 Å². The summed E-state index contributed by atoms with van der Waals surface area (Å²) in [6.07, 6.45) is 1.96. The largest absolute Gasteiger partial charge is 0.352 e. The molecule has 116 valence electrons. The molecule has 22 heavy (non-hydrogen) atoms. The molecule has 1 amide bonds. The van der Waals surface area contributed by atoms with Crippen LogP contribution in [0.5, 0.6) is 0 Å². The smallest absolute Gasteiger partial charge is 0.255 e. The minimum absolute atomic E-state index is 0.0742. The molecule has 2 aromatic heterocycles. The molecule has 0 saturated heterocycles. The molecule has 0 aliphatic heterocycles. The van der Waals surface area contributed by atoms with Crippen molar-refractivity contribution in [3.8, 4) is 0 Å². The van der Waals surface area contributed by atoms with Crippen LogP contribution >= 0.6 is 46.4 Å². The quantitative estimate of drug-likeness (QED) is 0.803. The Hall–Kier alpha value is -1.07. The molecular formula is C14H11Cl4N3O. The maximum atomic E-state index is 12.1. The summed E-state index contributed by atoms with van der Waals surface area (Å²) in [4.78, 5) is 20.3. The van der Waals surface area contributed by atoms with E-state index in [0.717, 1.165) is 0 Å². The van der Waals surface area contributed by atoms with E-state index in [1.807, 2.05) is 0 Å². The molecule has 0 saturated carbocycles. The van der Waals surface area contributed by atoms with Crippen molar-refractivity contribution in [1.29, 1.82) is 0 Å². The summed E-state index contributed by atoms with van der Waals surface area (Å²) in [6.45, 7) is 2.07. The van der Waals surface area contributed by atoms with E-state index in [-0.39, 0.29) is 15.7 Å². The maximum Gasteiger partial charge on any atom is 0.255 e. The number of nitrogens with one attached hydrogen (secondary N) is 1. The van der Waals surface area contributed by atoms with Gasteiger partial charge in [-0.25, -0.2) is 4.98 Å². The normalized spacial score (nSPS) is 10.6. The second-order valence-electron chi connectivity index (χ2n) is 4.50. The van der Waals surface area contributed by atoms with Gasteiger partial charge >= 0.3 is 0 Å². The van der Waals surface area contributed by atoms with Crippen LogP contribution in [0.25, 0.3) is 0 Å². The Labute approximate surface area is 147 Å². The third kappa shape index (κ3) is 4.23. The Morgan fingerprint density at radius 1 is 1.18 bits per heavy atom. The molecule has 0 unspecified atom stereocenters. The number of hydrogen-bond acceptors (Lipinski definition) is 3. The first-order valence-corrected chi connectivity index (χ1v) is 7.80. The van der Waals surface area contributed by atoms with Crippen LogP contribution < -0.4 is 5.32 Å². The molecule has 8 heteroatoms. The molecule has 2 aromatic rings. The fourth-order valence-electron chi connectivity index (χ4n) is 1.81. The van der Waals surface area contributed by atoms with Crippen LogP contribution in [0, 0.1) is 6.92 Å². The van der Waals surface area contributed by atoms with Gasteiger partial charge in [-0.3, -0.25) is 9.78 Å². The van der Waals surface area contributed by atoms with E-state index in [0.29, 0.717) is 34.4 Å². The maximum absolute atomic E-state index is 12.1. The lowest BCUT2D eigenvalue weighted by Crippen LogP contribution is -2.27. The molecule has 4 nitrogen and oxygen atoms in total. The highest BCUT2D eigenvalue weighted by atomic mass is 35.5. The van der Waals surface area contributed by atoms with Gasteiger partial charge in [-0.2, -0.15) is 0 Å². The van der Waals surface area contributed by atoms with Gasteiger partial charge in [-0.15, -0.1) is 0 Å². The van der Waals surface area contributed by atoms with E-state index < -0.39 is 5.91 Å². The Balaban J connectivity index is 2.02. The van der Waals surface area contributed by atoms with Gasteiger partial charge in [-0.1, -0.05) is 46.4 Å². The molecule has 0 spiro atoms. The van der Waals surface area contributed by atoms with Crippen molar-refractivity contribution < 1.29 is 4.79 Å². The minimum Gasteiger partial charge on any atom is -0.352 e. The summed E-state index contributed by atoms with van der Waals surface area (Å²) in [6, 6.07) is 3.19. The monoisotopic (exact) mass is 377 g/mol. The van der Waals surface area contributed by atoms with Crippen LogP contribution in [0.15, 0.2) is 18.3 Å². The number of carbonyl (C=O) groups is 1. The average Bonchev–Trinajstić information content (AvgIpc) is 2.40. The number of rotatable bonds is 4. The van der Waals surface area contributed by atoms with Gasteiger partial charge < -0.3 is 5.32 Å². The Kier molecular flexibility index (Phi) is 5.87. The number of halogens is 4. The fraction of sp³-hybridized carbons (Fsp3) is 0.214. The van der Waals surface area contributed by atoms with E-state index in [4.69, 9.17) is 46.4 Å². The molecule has 0 fully saturated rings. The first-order chi connectivity index (χ1) is 10.4. The van der Waals surface area contributed by atoms with E-state index in [1.165, 1.54) is 6.20 Å². The van der Waals surface area contributed by atoms with Crippen molar-refractivity contribution in [3.05, 3.63) is 55.5 Å². The lowest BCUT2D eigenvalue weighted by molar-refractivity contribution is 0.0954. The summed E-state index contributed by atoms with van der Waals surface area (Å²) in [5.74, 6) is -0.396. The number of nitrogens with zero attached hydrogens (tertiary/aromatic N) is 2. The predicted molar refractivity (Wildman–Crippen MR) is 89.3 cm³/mol. The zero-order valence-electron chi connectivity index (χ0n) is 11.5. The van der Waals surface area contributed by atoms with E-state index in [2.05, 4.69) is 15.3 Å². The number of hydrogen-bond donors (Lipinski definition) is 1. The molecule has 0 aliphatic carbocycles. The standard InChI is InChI=1S/C14H11Cl4N3O/c1-7-4-10(17)12(13(18)21-7)14(22)19-3-2-11-9(16)5-8(15)6-20-11/h4-6H,2-3H2,1H3,(H,19,22). The molecule has 0 aromatic carbocycles. The lowest BCUT2D eigenvalue weighted by atomic mass is 10.2. The van der Waals surface area contributed by atoms with Crippen LogP contribution in [0.3, 0.4) is 0 Å². The highest BCUT2D eigenvalue weighted by Crippen LogP contribution is 2.23. The topological polar surface area (TPSA) is 54.9 Å². The third-order valence-corrected chi connectivity index (χ3v) is 3.92. The van der Waals surface area contributed by atoms with Crippen LogP contribution in [-0.2, 0) is 6.42 Å². The number of aryl methyl sites for hydroxylation is 1. The zero-order chi connectivity index (χ0) is 16.3. The number of pyridine rings is 2. The van der Waals surface area contributed by atoms with Crippen LogP contribution in [0.4, 0.5) is 0 Å². The van der Waals surface area contributed by atoms with Gasteiger partial charge in [0.1, 0.15) is 5.15 Å². The molecule has 2 rings (SSSR count). The second kappa shape index (κ2) is 7.47. The van der Waals surface area contributed by atoms with Gasteiger partial charge in [0.25, 0.3) is 5.91 Å². The second-order valence-corrected chi connectivity index (χ2v) is 6.11. The zero-order valence-corrected chi connectivity index (χ0v) is 14.5. The molecule has 0 bridgehead atoms. The Morgan fingerprint density at radius 2 is 1.91 bits per heavy atom. The Bertz CT molecular complexity index is 698. The van der Waals surface area contributed by atoms with E-state index in [9.17, 15) is 4.79 Å². The first-order valence-electron chi connectivity index (χ1n) is 6.29. The summed E-state index contributed by atoms with van der Waals surface area (Å²) in [5.41, 5.74) is 1.44. The van der Waals surface area contributed by atoms with Gasteiger partial charge in [-0.05, 0) is 19.1 Å². The molecule has 0 atom stereocenters. The van der Waals surface area contributed by atoms with Gasteiger partial charge in [0.05, 0.1) is 26.3 Å². The first kappa shape index (κ1) is 17.3. The van der Waals surface area contributed by atoms with Crippen LogP contribution in [0.2, 0.25) is 20.2 Å². The van der Waals surface area contributed by atoms with Crippen molar-refractivity contribution in [2.24, 2.45) is 0 Å². The minimum atomic E-state index is -0.396. The average molecular weight is 379 g/mol. The summed E-state index contributed by atoms with van der Waals surface area (Å²) in [7, 11) is 0. The van der Waals surface area contributed by atoms with Gasteiger partial charge in [0.2, 0.25) is 0 Å². The highest BCUT2D eigenvalue weighted by Gasteiger charge is 2.16. The molecule has 2 heterocycles. The summed E-state index contributed by atoms with van der Waals surface area (Å²) >= 11 is 23.8. The highest BCUT2D eigenvalue weighted by molar-refractivity contribution is 6.39. The van der Waals surface area contributed by atoms with E-state index in [1.54, 1.807) is 19.1 Å². The van der Waals surface area contributed by atoms with Crippen molar-refractivity contribution in [2.75, 3.05) is 6.54 Å². The molecule has 1 N–H and O–H groups in total. The molecular weight excluding hydrogens is 368 g/mol. The van der Waals surface area contributed by atoms with Crippen molar-refractivity contribution >= 4 is 52.3 Å². The lowest BCUT2D eigenvalue weighted by Gasteiger charge is -2.09. The number of carbonyl (C=O) groups excluding carboxylic acids is 1. The van der Waals surface area contributed by atoms with Crippen molar-refractivity contribution in [2.45, 2.75) is 13.3 Å². The summed E-state index contributed by atoms with van der Waals surface area (Å²) in [5, 5.41) is 3.96. The van der Waals surface area contributed by atoms with Gasteiger partial charge in [0.15, 0.2) is 0 Å². The van der Waals surface area contributed by atoms with Crippen LogP contribution in [0.1, 0.15) is 21.7 Å². The Morgan fingerprint density at radius 3 is 2.55 bits per heavy atom. The number of aromatic nitrogens is 2. The molecule has 0 aliphatic rings. The third-order valence-electron chi connectivity index (χ3n) is 2.81. The van der Waals surface area contributed by atoms with Crippen molar-refractivity contribution in [3.63, 3.8) is 0 Å². The SMILES string of the molecule is Cc1cc(Cl)c(C(=O)NCCc2ncc(Cl)cc2Cl)c(Cl)n1.